The first-order valence-corrected chi connectivity index (χ1v) is 6.38. The minimum absolute atomic E-state index is 0.572. The Morgan fingerprint density at radius 3 is 3.17 bits per heavy atom. The fraction of sp³-hybridized carbons (Fsp3) is 0.357. The van der Waals surface area contributed by atoms with Gasteiger partial charge in [-0.15, -0.1) is 0 Å². The molecule has 1 aliphatic rings. The zero-order valence-corrected chi connectivity index (χ0v) is 10.6. The molecule has 0 amide bonds. The molecule has 2 heterocycles. The summed E-state index contributed by atoms with van der Waals surface area (Å²) in [6.45, 7) is 2.01. The highest BCUT2D eigenvalue weighted by molar-refractivity contribution is 5.55. The van der Waals surface area contributed by atoms with Crippen molar-refractivity contribution in [3.63, 3.8) is 0 Å². The van der Waals surface area contributed by atoms with Gasteiger partial charge in [0.15, 0.2) is 0 Å². The van der Waals surface area contributed by atoms with Gasteiger partial charge in [-0.05, 0) is 18.1 Å². The van der Waals surface area contributed by atoms with E-state index in [4.69, 9.17) is 0 Å². The van der Waals surface area contributed by atoms with E-state index in [0.717, 1.165) is 18.8 Å². The van der Waals surface area contributed by atoms with Gasteiger partial charge in [0.25, 0.3) is 0 Å². The van der Waals surface area contributed by atoms with Crippen molar-refractivity contribution in [2.45, 2.75) is 12.3 Å². The number of para-hydroxylation sites is 1. The normalized spacial score (nSPS) is 17.9. The van der Waals surface area contributed by atoms with Crippen LogP contribution in [0.25, 0.3) is 0 Å². The summed E-state index contributed by atoms with van der Waals surface area (Å²) >= 11 is 0. The summed E-state index contributed by atoms with van der Waals surface area (Å²) in [6, 6.07) is 8.58. The van der Waals surface area contributed by atoms with Crippen LogP contribution in [0.1, 0.15) is 17.9 Å². The van der Waals surface area contributed by atoms with Crippen LogP contribution in [0.15, 0.2) is 36.7 Å². The fourth-order valence-electron chi connectivity index (χ4n) is 2.52. The molecule has 18 heavy (non-hydrogen) atoms. The van der Waals surface area contributed by atoms with Gasteiger partial charge in [-0.1, -0.05) is 18.2 Å². The first kappa shape index (κ1) is 11.1. The highest BCUT2D eigenvalue weighted by atomic mass is 15.3. The van der Waals surface area contributed by atoms with Crippen LogP contribution in [0.3, 0.4) is 0 Å². The van der Waals surface area contributed by atoms with Crippen LogP contribution in [-0.2, 0) is 7.05 Å². The lowest BCUT2D eigenvalue weighted by Gasteiger charge is -2.26. The zero-order chi connectivity index (χ0) is 12.4. The van der Waals surface area contributed by atoms with E-state index < -0.39 is 0 Å². The average molecular weight is 242 g/mol. The molecule has 0 spiro atoms. The minimum Gasteiger partial charge on any atom is -0.385 e. The predicted molar refractivity (Wildman–Crippen MR) is 74.0 cm³/mol. The topological polar surface area (TPSA) is 41.9 Å². The van der Waals surface area contributed by atoms with Gasteiger partial charge in [-0.25, -0.2) is 0 Å². The molecule has 3 rings (SSSR count). The SMILES string of the molecule is Cn1cc(NCC2CCNc3ccccc32)cn1. The molecule has 0 saturated heterocycles. The summed E-state index contributed by atoms with van der Waals surface area (Å²) in [5, 5.41) is 11.1. The lowest BCUT2D eigenvalue weighted by atomic mass is 9.91. The second-order valence-electron chi connectivity index (χ2n) is 4.78. The second kappa shape index (κ2) is 4.72. The van der Waals surface area contributed by atoms with Gasteiger partial charge in [0.05, 0.1) is 11.9 Å². The van der Waals surface area contributed by atoms with Gasteiger partial charge < -0.3 is 10.6 Å². The Bertz CT molecular complexity index is 532. The maximum atomic E-state index is 4.17. The molecule has 1 unspecified atom stereocenters. The zero-order valence-electron chi connectivity index (χ0n) is 10.6. The second-order valence-corrected chi connectivity index (χ2v) is 4.78. The van der Waals surface area contributed by atoms with Gasteiger partial charge in [0, 0.05) is 37.9 Å². The Balaban J connectivity index is 1.71. The maximum Gasteiger partial charge on any atom is 0.0726 e. The molecule has 4 nitrogen and oxygen atoms in total. The van der Waals surface area contributed by atoms with Gasteiger partial charge in [-0.2, -0.15) is 5.10 Å². The summed E-state index contributed by atoms with van der Waals surface area (Å²) < 4.78 is 1.82. The lowest BCUT2D eigenvalue weighted by molar-refractivity contribution is 0.653. The van der Waals surface area contributed by atoms with Crippen molar-refractivity contribution in [3.8, 4) is 0 Å². The fourth-order valence-corrected chi connectivity index (χ4v) is 2.52. The Labute approximate surface area is 107 Å². The molecule has 2 aromatic rings. The molecule has 0 saturated carbocycles. The van der Waals surface area contributed by atoms with E-state index in [2.05, 4.69) is 40.0 Å². The molecular formula is C14H18N4. The molecule has 0 bridgehead atoms. The van der Waals surface area contributed by atoms with Crippen LogP contribution in [0, 0.1) is 0 Å². The van der Waals surface area contributed by atoms with E-state index in [0.29, 0.717) is 5.92 Å². The monoisotopic (exact) mass is 242 g/mol. The van der Waals surface area contributed by atoms with E-state index in [1.807, 2.05) is 24.1 Å². The molecule has 4 heteroatoms. The summed E-state index contributed by atoms with van der Waals surface area (Å²) in [4.78, 5) is 0. The predicted octanol–water partition coefficient (Wildman–Crippen LogP) is 2.43. The third kappa shape index (κ3) is 2.18. The van der Waals surface area contributed by atoms with E-state index in [1.165, 1.54) is 17.7 Å². The minimum atomic E-state index is 0.572. The number of aryl methyl sites for hydroxylation is 1. The molecule has 0 radical (unpaired) electrons. The number of fused-ring (bicyclic) bond motifs is 1. The molecule has 1 aromatic carbocycles. The third-order valence-electron chi connectivity index (χ3n) is 3.47. The molecule has 2 N–H and O–H groups in total. The van der Waals surface area contributed by atoms with Crippen molar-refractivity contribution in [1.29, 1.82) is 0 Å². The van der Waals surface area contributed by atoms with E-state index in [9.17, 15) is 0 Å². The van der Waals surface area contributed by atoms with Crippen LogP contribution in [0.2, 0.25) is 0 Å². The van der Waals surface area contributed by atoms with Crippen LogP contribution in [0.4, 0.5) is 11.4 Å². The number of hydrogen-bond acceptors (Lipinski definition) is 3. The molecule has 94 valence electrons. The largest absolute Gasteiger partial charge is 0.385 e. The highest BCUT2D eigenvalue weighted by Gasteiger charge is 2.19. The smallest absolute Gasteiger partial charge is 0.0726 e. The van der Waals surface area contributed by atoms with Gasteiger partial charge >= 0.3 is 0 Å². The van der Waals surface area contributed by atoms with Crippen molar-refractivity contribution in [2.75, 3.05) is 23.7 Å². The number of anilines is 2. The standard InChI is InChI=1S/C14H18N4/c1-18-10-12(9-17-18)16-8-11-6-7-15-14-5-3-2-4-13(11)14/h2-5,9-11,15-16H,6-8H2,1H3. The molecule has 1 aromatic heterocycles. The molecule has 0 aliphatic carbocycles. The Morgan fingerprint density at radius 1 is 1.44 bits per heavy atom. The van der Waals surface area contributed by atoms with E-state index in [-0.39, 0.29) is 0 Å². The van der Waals surface area contributed by atoms with Crippen LogP contribution >= 0.6 is 0 Å². The molecule has 1 aliphatic heterocycles. The quantitative estimate of drug-likeness (QED) is 0.868. The van der Waals surface area contributed by atoms with Crippen molar-refractivity contribution < 1.29 is 0 Å². The van der Waals surface area contributed by atoms with Crippen molar-refractivity contribution in [3.05, 3.63) is 42.2 Å². The van der Waals surface area contributed by atoms with Crippen molar-refractivity contribution >= 4 is 11.4 Å². The third-order valence-corrected chi connectivity index (χ3v) is 3.47. The van der Waals surface area contributed by atoms with E-state index >= 15 is 0 Å². The Morgan fingerprint density at radius 2 is 2.33 bits per heavy atom. The molecular weight excluding hydrogens is 224 g/mol. The number of hydrogen-bond donors (Lipinski definition) is 2. The number of benzene rings is 1. The van der Waals surface area contributed by atoms with Crippen LogP contribution in [-0.4, -0.2) is 22.9 Å². The maximum absolute atomic E-state index is 4.17. The summed E-state index contributed by atoms with van der Waals surface area (Å²) in [7, 11) is 1.94. The molecule has 0 fully saturated rings. The number of rotatable bonds is 3. The first-order chi connectivity index (χ1) is 8.83. The Kier molecular flexibility index (Phi) is 2.92. The highest BCUT2D eigenvalue weighted by Crippen LogP contribution is 2.31. The van der Waals surface area contributed by atoms with Crippen molar-refractivity contribution in [1.82, 2.24) is 9.78 Å². The lowest BCUT2D eigenvalue weighted by Crippen LogP contribution is -2.22. The number of aromatic nitrogens is 2. The Hall–Kier alpha value is -1.97. The first-order valence-electron chi connectivity index (χ1n) is 6.38. The van der Waals surface area contributed by atoms with Crippen molar-refractivity contribution in [2.24, 2.45) is 7.05 Å². The van der Waals surface area contributed by atoms with Gasteiger partial charge in [0.1, 0.15) is 0 Å². The average Bonchev–Trinajstić information content (AvgIpc) is 2.82. The summed E-state index contributed by atoms with van der Waals surface area (Å²) in [5.74, 6) is 0.572. The molecule has 1 atom stereocenters. The van der Waals surface area contributed by atoms with E-state index in [1.54, 1.807) is 0 Å². The summed E-state index contributed by atoms with van der Waals surface area (Å²) in [5.41, 5.74) is 3.79. The van der Waals surface area contributed by atoms with Crippen LogP contribution < -0.4 is 10.6 Å². The summed E-state index contributed by atoms with van der Waals surface area (Å²) in [6.07, 6.45) is 5.05. The number of nitrogens with zero attached hydrogens (tertiary/aromatic N) is 2. The number of nitrogens with one attached hydrogen (secondary N) is 2. The van der Waals surface area contributed by atoms with Crippen LogP contribution in [0.5, 0.6) is 0 Å². The van der Waals surface area contributed by atoms with Gasteiger partial charge in [0.2, 0.25) is 0 Å². The van der Waals surface area contributed by atoms with Gasteiger partial charge in [-0.3, -0.25) is 4.68 Å².